The Balaban J connectivity index is 0.00000160. The average Bonchev–Trinajstić information content (AvgIpc) is 2.70. The van der Waals surface area contributed by atoms with Crippen molar-refractivity contribution >= 4 is 42.4 Å². The lowest BCUT2D eigenvalue weighted by Crippen LogP contribution is -2.68. The van der Waals surface area contributed by atoms with Crippen LogP contribution in [0.3, 0.4) is 0 Å². The molecule has 3 fully saturated rings. The molecular weight excluding hydrogens is 425 g/mol. The summed E-state index contributed by atoms with van der Waals surface area (Å²) in [6, 6.07) is 3.91. The highest BCUT2D eigenvalue weighted by Crippen LogP contribution is 2.39. The van der Waals surface area contributed by atoms with Gasteiger partial charge in [-0.3, -0.25) is 9.59 Å². The molecule has 3 aliphatic rings. The molecule has 168 valence electrons. The summed E-state index contributed by atoms with van der Waals surface area (Å²) in [5.41, 5.74) is 1.13. The van der Waals surface area contributed by atoms with Crippen molar-refractivity contribution in [1.82, 2.24) is 20.5 Å². The normalized spacial score (nSPS) is 27.2. The minimum absolute atomic E-state index is 0. The number of hydrogen-bond donors (Lipinski definition) is 3. The predicted octanol–water partition coefficient (Wildman–Crippen LogP) is 2.14. The van der Waals surface area contributed by atoms with Gasteiger partial charge >= 0.3 is 0 Å². The highest BCUT2D eigenvalue weighted by Gasteiger charge is 2.50. The van der Waals surface area contributed by atoms with Gasteiger partial charge in [0.05, 0.1) is 0 Å². The number of carbonyl (C=O) groups is 2. The van der Waals surface area contributed by atoms with Crippen molar-refractivity contribution in [2.24, 2.45) is 11.8 Å². The summed E-state index contributed by atoms with van der Waals surface area (Å²) in [7, 11) is 0. The van der Waals surface area contributed by atoms with Gasteiger partial charge < -0.3 is 20.9 Å². The lowest BCUT2D eigenvalue weighted by Gasteiger charge is -2.53. The topological polar surface area (TPSA) is 86.4 Å². The molecule has 4 rings (SSSR count). The van der Waals surface area contributed by atoms with Crippen LogP contribution in [0.25, 0.3) is 0 Å². The fourth-order valence-electron chi connectivity index (χ4n) is 5.04. The maximum Gasteiger partial charge on any atom is 0.243 e. The largest absolute Gasteiger partial charge is 0.370 e. The van der Waals surface area contributed by atoms with Crippen LogP contribution in [0, 0.1) is 18.8 Å². The number of halogens is 2. The summed E-state index contributed by atoms with van der Waals surface area (Å²) >= 11 is 0. The lowest BCUT2D eigenvalue weighted by molar-refractivity contribution is -0.157. The van der Waals surface area contributed by atoms with Gasteiger partial charge in [-0.2, -0.15) is 0 Å². The number of amides is 2. The second-order valence-electron chi connectivity index (χ2n) is 8.41. The number of fused-ring (bicyclic) bond motifs is 4. The molecule has 0 saturated carbocycles. The fourth-order valence-corrected chi connectivity index (χ4v) is 5.04. The molecule has 4 atom stereocenters. The quantitative estimate of drug-likeness (QED) is 0.569. The molecule has 9 heteroatoms. The van der Waals surface area contributed by atoms with Gasteiger partial charge in [0, 0.05) is 44.2 Å². The van der Waals surface area contributed by atoms with E-state index in [1.807, 2.05) is 30.2 Å². The number of nitrogens with zero attached hydrogens (tertiary/aromatic N) is 2. The van der Waals surface area contributed by atoms with Crippen LogP contribution in [0.5, 0.6) is 0 Å². The van der Waals surface area contributed by atoms with Crippen molar-refractivity contribution in [3.05, 3.63) is 23.9 Å². The summed E-state index contributed by atoms with van der Waals surface area (Å²) in [6.45, 7) is 5.16. The van der Waals surface area contributed by atoms with Gasteiger partial charge in [-0.1, -0.05) is 6.07 Å². The Morgan fingerprint density at radius 1 is 1.23 bits per heavy atom. The van der Waals surface area contributed by atoms with Gasteiger partial charge in [-0.15, -0.1) is 24.8 Å². The third-order valence-electron chi connectivity index (χ3n) is 6.38. The molecule has 0 aliphatic carbocycles. The van der Waals surface area contributed by atoms with Crippen molar-refractivity contribution < 1.29 is 9.59 Å². The summed E-state index contributed by atoms with van der Waals surface area (Å²) in [6.07, 6.45) is 6.28. The van der Waals surface area contributed by atoms with Gasteiger partial charge in [0.15, 0.2) is 0 Å². The number of aryl methyl sites for hydroxylation is 1. The Labute approximate surface area is 191 Å². The Morgan fingerprint density at radius 3 is 2.80 bits per heavy atom. The minimum atomic E-state index is -0.312. The van der Waals surface area contributed by atoms with E-state index in [9.17, 15) is 9.59 Å². The van der Waals surface area contributed by atoms with Crippen molar-refractivity contribution in [2.45, 2.75) is 51.1 Å². The number of nitrogens with one attached hydrogen (secondary N) is 3. The maximum atomic E-state index is 13.0. The first kappa shape index (κ1) is 24.7. The predicted molar refractivity (Wildman–Crippen MR) is 122 cm³/mol. The molecule has 2 bridgehead atoms. The van der Waals surface area contributed by atoms with Crippen LogP contribution in [0.4, 0.5) is 5.82 Å². The molecular formula is C21H33Cl2N5O2. The third kappa shape index (κ3) is 5.37. The van der Waals surface area contributed by atoms with E-state index in [0.717, 1.165) is 56.7 Å². The zero-order valence-electron chi connectivity index (χ0n) is 17.4. The smallest absolute Gasteiger partial charge is 0.243 e. The second kappa shape index (κ2) is 11.2. The Hall–Kier alpha value is -1.57. The van der Waals surface area contributed by atoms with Gasteiger partial charge in [0.1, 0.15) is 11.9 Å². The highest BCUT2D eigenvalue weighted by molar-refractivity contribution is 5.89. The molecule has 30 heavy (non-hydrogen) atoms. The molecule has 3 saturated heterocycles. The maximum absolute atomic E-state index is 13.0. The molecule has 3 aliphatic heterocycles. The number of piperidine rings is 3. The fraction of sp³-hybridized carbons (Fsp3) is 0.667. The van der Waals surface area contributed by atoms with E-state index in [1.165, 1.54) is 0 Å². The molecule has 1 aromatic heterocycles. The van der Waals surface area contributed by atoms with Crippen molar-refractivity contribution in [2.75, 3.05) is 31.5 Å². The summed E-state index contributed by atoms with van der Waals surface area (Å²) in [5.74, 6) is 1.76. The number of anilines is 1. The molecule has 4 heterocycles. The monoisotopic (exact) mass is 457 g/mol. The average molecular weight is 458 g/mol. The second-order valence-corrected chi connectivity index (χ2v) is 8.41. The van der Waals surface area contributed by atoms with Crippen molar-refractivity contribution in [1.29, 1.82) is 0 Å². The van der Waals surface area contributed by atoms with Crippen molar-refractivity contribution in [3.63, 3.8) is 0 Å². The number of hydrogen-bond acceptors (Lipinski definition) is 5. The first-order valence-corrected chi connectivity index (χ1v) is 10.6. The SMILES string of the molecule is Cc1ccc(NCCCNC(=O)[C@H]2[C@@H]3CNC[C@@H](C3)[C@@H]3CCCC(=O)N32)nc1.Cl.Cl. The molecule has 0 unspecified atom stereocenters. The van der Waals surface area contributed by atoms with E-state index in [4.69, 9.17) is 0 Å². The summed E-state index contributed by atoms with van der Waals surface area (Å²) in [5, 5.41) is 9.84. The summed E-state index contributed by atoms with van der Waals surface area (Å²) in [4.78, 5) is 31.9. The first-order valence-electron chi connectivity index (χ1n) is 10.6. The molecule has 3 N–H and O–H groups in total. The van der Waals surface area contributed by atoms with Crippen LogP contribution in [0.2, 0.25) is 0 Å². The van der Waals surface area contributed by atoms with E-state index in [2.05, 4.69) is 20.9 Å². The van der Waals surface area contributed by atoms with Crippen LogP contribution < -0.4 is 16.0 Å². The van der Waals surface area contributed by atoms with E-state index in [0.29, 0.717) is 18.9 Å². The number of rotatable bonds is 6. The highest BCUT2D eigenvalue weighted by atomic mass is 35.5. The zero-order valence-corrected chi connectivity index (χ0v) is 19.1. The van der Waals surface area contributed by atoms with E-state index in [1.54, 1.807) is 0 Å². The van der Waals surface area contributed by atoms with Crippen LogP contribution in [0.15, 0.2) is 18.3 Å². The Bertz CT molecular complexity index is 718. The van der Waals surface area contributed by atoms with Gasteiger partial charge in [0.25, 0.3) is 0 Å². The van der Waals surface area contributed by atoms with Crippen molar-refractivity contribution in [3.8, 4) is 0 Å². The van der Waals surface area contributed by atoms with Crippen LogP contribution >= 0.6 is 24.8 Å². The molecule has 0 aromatic carbocycles. The zero-order chi connectivity index (χ0) is 19.5. The Morgan fingerprint density at radius 2 is 2.03 bits per heavy atom. The molecule has 0 spiro atoms. The number of aromatic nitrogens is 1. The lowest BCUT2D eigenvalue weighted by atomic mass is 9.72. The third-order valence-corrected chi connectivity index (χ3v) is 6.38. The standard InChI is InChI=1S/C21H31N5O2.2ClH/c1-14-6-7-18(25-11-14)23-8-3-9-24-21(28)20-16-10-15(12-22-13-16)17-4-2-5-19(27)26(17)20;;/h6-7,11,15-17,20,22H,2-5,8-10,12-13H2,1H3,(H,23,25)(H,24,28);2*1H/t15-,16+,17+,20-;;/m1../s1. The molecule has 1 aromatic rings. The van der Waals surface area contributed by atoms with E-state index < -0.39 is 0 Å². The van der Waals surface area contributed by atoms with Gasteiger partial charge in [-0.05, 0) is 56.7 Å². The van der Waals surface area contributed by atoms with Crippen LogP contribution in [-0.2, 0) is 9.59 Å². The van der Waals surface area contributed by atoms with Gasteiger partial charge in [0.2, 0.25) is 11.8 Å². The summed E-state index contributed by atoms with van der Waals surface area (Å²) < 4.78 is 0. The molecule has 7 nitrogen and oxygen atoms in total. The minimum Gasteiger partial charge on any atom is -0.370 e. The number of carbonyl (C=O) groups excluding carboxylic acids is 2. The van der Waals surface area contributed by atoms with Crippen LogP contribution in [0.1, 0.15) is 37.7 Å². The molecule has 2 amide bonds. The van der Waals surface area contributed by atoms with Crippen LogP contribution in [-0.4, -0.2) is 60.0 Å². The van der Waals surface area contributed by atoms with Gasteiger partial charge in [-0.25, -0.2) is 4.98 Å². The van der Waals surface area contributed by atoms with E-state index >= 15 is 0 Å². The Kier molecular flexibility index (Phi) is 9.19. The van der Waals surface area contributed by atoms with E-state index in [-0.39, 0.29) is 54.6 Å². The molecule has 0 radical (unpaired) electrons. The first-order chi connectivity index (χ1) is 13.6. The number of pyridine rings is 1.